The number of pyridine rings is 1. The highest BCUT2D eigenvalue weighted by Crippen LogP contribution is 2.66. The topological polar surface area (TPSA) is 106 Å². The second-order valence-corrected chi connectivity index (χ2v) is 14.7. The van der Waals surface area contributed by atoms with E-state index in [9.17, 15) is 19.5 Å². The van der Waals surface area contributed by atoms with Gasteiger partial charge in [-0.15, -0.1) is 0 Å². The average Bonchev–Trinajstić information content (AvgIpc) is 3.39. The zero-order valence-corrected chi connectivity index (χ0v) is 27.7. The number of nitrogens with zero attached hydrogens (tertiary/aromatic N) is 1. The van der Waals surface area contributed by atoms with Gasteiger partial charge in [-0.2, -0.15) is 0 Å². The number of amides is 1. The van der Waals surface area contributed by atoms with Crippen molar-refractivity contribution in [3.05, 3.63) is 47.8 Å². The summed E-state index contributed by atoms with van der Waals surface area (Å²) in [6.07, 6.45) is 22.6. The van der Waals surface area contributed by atoms with Crippen molar-refractivity contribution in [2.75, 3.05) is 0 Å². The van der Waals surface area contributed by atoms with Crippen LogP contribution in [0.3, 0.4) is 0 Å². The monoisotopic (exact) mass is 618 g/mol. The van der Waals surface area contributed by atoms with Crippen molar-refractivity contribution in [2.45, 2.75) is 136 Å². The van der Waals surface area contributed by atoms with E-state index in [1.165, 1.54) is 42.4 Å². The molecular formula is C38H54N2O5. The number of ether oxygens (including phenoxy) is 1. The third-order valence-corrected chi connectivity index (χ3v) is 11.9. The molecule has 1 aromatic heterocycles. The standard InChI is InChI=1S/C38H54N2O5/c1-4-5-6-7-8-9-12-33(36(43)44)40-34(41)17-18-35(42)45-28-19-21-37(2)27(24-28)13-14-29-31-16-15-30(26-11-10-23-39-25-26)38(31,3)22-20-32(29)37/h10-11,13,15,23,25,28-29,31-33H,4-9,12,14,16-22,24H2,1-3H3,(H,40,41)(H,43,44)/t28-,29-,31-,32-,33?,37-,38+/m0/s1. The Bertz CT molecular complexity index is 1270. The van der Waals surface area contributed by atoms with Crippen LogP contribution in [0.25, 0.3) is 5.57 Å². The lowest BCUT2D eigenvalue weighted by molar-refractivity contribution is -0.152. The van der Waals surface area contributed by atoms with Crippen LogP contribution in [-0.2, 0) is 19.1 Å². The molecule has 1 amide bonds. The van der Waals surface area contributed by atoms with Crippen LogP contribution >= 0.6 is 0 Å². The van der Waals surface area contributed by atoms with Gasteiger partial charge in [0.05, 0.1) is 6.42 Å². The molecule has 2 saturated carbocycles. The quantitative estimate of drug-likeness (QED) is 0.124. The number of carbonyl (C=O) groups is 3. The molecule has 0 radical (unpaired) electrons. The number of hydrogen-bond acceptors (Lipinski definition) is 5. The van der Waals surface area contributed by atoms with Crippen molar-refractivity contribution >= 4 is 23.4 Å². The number of carboxylic acid groups (broad SMARTS) is 1. The molecule has 0 aromatic carbocycles. The molecule has 2 fully saturated rings. The van der Waals surface area contributed by atoms with E-state index in [0.29, 0.717) is 24.2 Å². The van der Waals surface area contributed by atoms with Gasteiger partial charge in [0, 0.05) is 25.2 Å². The van der Waals surface area contributed by atoms with E-state index in [-0.39, 0.29) is 35.7 Å². The van der Waals surface area contributed by atoms with Crippen LogP contribution < -0.4 is 5.32 Å². The van der Waals surface area contributed by atoms with Gasteiger partial charge in [0.15, 0.2) is 0 Å². The Hall–Kier alpha value is -2.96. The highest BCUT2D eigenvalue weighted by molar-refractivity contribution is 5.85. The molecule has 7 atom stereocenters. The van der Waals surface area contributed by atoms with Gasteiger partial charge in [-0.05, 0) is 90.7 Å². The minimum absolute atomic E-state index is 0.0285. The molecule has 45 heavy (non-hydrogen) atoms. The number of allylic oxidation sites excluding steroid dienone is 3. The number of esters is 1. The van der Waals surface area contributed by atoms with E-state index in [1.807, 2.05) is 18.5 Å². The van der Waals surface area contributed by atoms with Crippen LogP contribution in [-0.4, -0.2) is 40.1 Å². The SMILES string of the molecule is CCCCCCCCC(NC(=O)CCC(=O)O[C@H]1CC[C@@]2(C)C(=CC[C@@H]3[C@@H]2CC[C@]2(C)C(c4cccnc4)=CC[C@@H]32)C1)C(=O)O. The maximum Gasteiger partial charge on any atom is 0.326 e. The maximum atomic E-state index is 12.8. The summed E-state index contributed by atoms with van der Waals surface area (Å²) in [4.78, 5) is 41.3. The van der Waals surface area contributed by atoms with Gasteiger partial charge >= 0.3 is 11.9 Å². The average molecular weight is 619 g/mol. The van der Waals surface area contributed by atoms with E-state index in [2.05, 4.69) is 49.3 Å². The lowest BCUT2D eigenvalue weighted by Gasteiger charge is -2.57. The first-order valence-corrected chi connectivity index (χ1v) is 17.7. The third-order valence-electron chi connectivity index (χ3n) is 11.9. The third kappa shape index (κ3) is 7.38. The first-order valence-electron chi connectivity index (χ1n) is 17.7. The number of rotatable bonds is 14. The number of aliphatic carboxylic acids is 1. The van der Waals surface area contributed by atoms with Gasteiger partial charge in [0.2, 0.25) is 5.91 Å². The smallest absolute Gasteiger partial charge is 0.326 e. The van der Waals surface area contributed by atoms with Gasteiger partial charge in [-0.25, -0.2) is 4.79 Å². The first kappa shape index (κ1) is 33.4. The predicted molar refractivity (Wildman–Crippen MR) is 176 cm³/mol. The van der Waals surface area contributed by atoms with Gasteiger partial charge in [0.25, 0.3) is 0 Å². The van der Waals surface area contributed by atoms with E-state index < -0.39 is 17.9 Å². The molecule has 1 heterocycles. The fraction of sp³-hybridized carbons (Fsp3) is 0.684. The van der Waals surface area contributed by atoms with Crippen LogP contribution in [0.1, 0.15) is 129 Å². The number of carbonyl (C=O) groups excluding carboxylic acids is 2. The fourth-order valence-electron chi connectivity index (χ4n) is 9.38. The van der Waals surface area contributed by atoms with E-state index >= 15 is 0 Å². The summed E-state index contributed by atoms with van der Waals surface area (Å²) >= 11 is 0. The molecule has 7 heteroatoms. The van der Waals surface area contributed by atoms with Crippen molar-refractivity contribution in [1.29, 1.82) is 0 Å². The van der Waals surface area contributed by atoms with Crippen LogP contribution in [0.4, 0.5) is 0 Å². The zero-order valence-electron chi connectivity index (χ0n) is 27.7. The van der Waals surface area contributed by atoms with Crippen LogP contribution in [0.2, 0.25) is 0 Å². The first-order chi connectivity index (χ1) is 21.7. The summed E-state index contributed by atoms with van der Waals surface area (Å²) in [7, 11) is 0. The Balaban J connectivity index is 1.09. The van der Waals surface area contributed by atoms with Crippen molar-refractivity contribution in [3.63, 3.8) is 0 Å². The molecule has 1 aromatic rings. The number of hydrogen-bond donors (Lipinski definition) is 2. The molecular weight excluding hydrogens is 564 g/mol. The zero-order chi connectivity index (χ0) is 32.0. The molecule has 5 rings (SSSR count). The summed E-state index contributed by atoms with van der Waals surface area (Å²) in [5.74, 6) is 0.166. The van der Waals surface area contributed by atoms with Crippen LogP contribution in [0.5, 0.6) is 0 Å². The minimum atomic E-state index is -1.02. The summed E-state index contributed by atoms with van der Waals surface area (Å²) in [6.45, 7) is 7.10. The highest BCUT2D eigenvalue weighted by Gasteiger charge is 2.57. The Morgan fingerprint density at radius 2 is 1.78 bits per heavy atom. The largest absolute Gasteiger partial charge is 0.480 e. The molecule has 246 valence electrons. The second-order valence-electron chi connectivity index (χ2n) is 14.7. The Morgan fingerprint density at radius 3 is 2.53 bits per heavy atom. The fourth-order valence-corrected chi connectivity index (χ4v) is 9.38. The number of fused-ring (bicyclic) bond motifs is 5. The molecule has 0 saturated heterocycles. The number of unbranched alkanes of at least 4 members (excludes halogenated alkanes) is 5. The maximum absolute atomic E-state index is 12.8. The number of carboxylic acids is 1. The Labute approximate surface area is 269 Å². The van der Waals surface area contributed by atoms with E-state index in [4.69, 9.17) is 4.74 Å². The number of aromatic nitrogens is 1. The van der Waals surface area contributed by atoms with E-state index in [1.54, 1.807) is 0 Å². The summed E-state index contributed by atoms with van der Waals surface area (Å²) in [5, 5.41) is 12.2. The molecule has 0 spiro atoms. The van der Waals surface area contributed by atoms with Crippen LogP contribution in [0, 0.1) is 28.6 Å². The Morgan fingerprint density at radius 1 is 1.00 bits per heavy atom. The lowest BCUT2D eigenvalue weighted by Crippen LogP contribution is -2.50. The van der Waals surface area contributed by atoms with Crippen molar-refractivity contribution in [2.24, 2.45) is 28.6 Å². The normalized spacial score (nSPS) is 31.0. The van der Waals surface area contributed by atoms with Crippen LogP contribution in [0.15, 0.2) is 42.3 Å². The summed E-state index contributed by atoms with van der Waals surface area (Å²) < 4.78 is 5.89. The molecule has 0 aliphatic heterocycles. The van der Waals surface area contributed by atoms with E-state index in [0.717, 1.165) is 57.8 Å². The Kier molecular flexibility index (Phi) is 10.9. The summed E-state index contributed by atoms with van der Waals surface area (Å²) in [5.41, 5.74) is 4.55. The van der Waals surface area contributed by atoms with Crippen molar-refractivity contribution < 1.29 is 24.2 Å². The van der Waals surface area contributed by atoms with Gasteiger partial charge < -0.3 is 15.2 Å². The molecule has 4 aliphatic rings. The number of nitrogens with one attached hydrogen (secondary N) is 1. The molecule has 0 bridgehead atoms. The molecule has 7 nitrogen and oxygen atoms in total. The highest BCUT2D eigenvalue weighted by atomic mass is 16.5. The summed E-state index contributed by atoms with van der Waals surface area (Å²) in [6, 6.07) is 3.34. The molecule has 4 aliphatic carbocycles. The van der Waals surface area contributed by atoms with Crippen molar-refractivity contribution in [3.8, 4) is 0 Å². The van der Waals surface area contributed by atoms with Gasteiger partial charge in [-0.3, -0.25) is 14.6 Å². The second kappa shape index (κ2) is 14.6. The van der Waals surface area contributed by atoms with Gasteiger partial charge in [0.1, 0.15) is 12.1 Å². The minimum Gasteiger partial charge on any atom is -0.480 e. The molecule has 1 unspecified atom stereocenters. The van der Waals surface area contributed by atoms with Crippen molar-refractivity contribution in [1.82, 2.24) is 10.3 Å². The predicted octanol–water partition coefficient (Wildman–Crippen LogP) is 8.05. The molecule has 2 N–H and O–H groups in total. The lowest BCUT2D eigenvalue weighted by atomic mass is 9.47. The van der Waals surface area contributed by atoms with Gasteiger partial charge in [-0.1, -0.05) is 83.1 Å².